The number of hydrogen-bond donors (Lipinski definition) is 1. The molecule has 6 nitrogen and oxygen atoms in total. The Morgan fingerprint density at radius 2 is 2.10 bits per heavy atom. The maximum absolute atomic E-state index is 12.3. The maximum atomic E-state index is 12.3. The van der Waals surface area contributed by atoms with E-state index in [1.54, 1.807) is 6.92 Å². The van der Waals surface area contributed by atoms with E-state index in [0.29, 0.717) is 0 Å². The predicted octanol–water partition coefficient (Wildman–Crippen LogP) is 1.62. The second-order valence-corrected chi connectivity index (χ2v) is 3.48. The van der Waals surface area contributed by atoms with Gasteiger partial charge in [-0.05, 0) is 13.0 Å². The Balaban J connectivity index is 3.29. The van der Waals surface area contributed by atoms with Gasteiger partial charge in [0.15, 0.2) is 11.4 Å². The molecule has 1 aromatic rings. The van der Waals surface area contributed by atoms with E-state index in [-0.39, 0.29) is 24.5 Å². The number of alkyl halides is 3. The zero-order chi connectivity index (χ0) is 15.3. The zero-order valence-electron chi connectivity index (χ0n) is 10.8. The molecule has 1 heterocycles. The fourth-order valence-electron chi connectivity index (χ4n) is 1.36. The fourth-order valence-corrected chi connectivity index (χ4v) is 1.36. The first kappa shape index (κ1) is 16.0. The highest BCUT2D eigenvalue weighted by Gasteiger charge is 2.34. The van der Waals surface area contributed by atoms with Crippen molar-refractivity contribution in [1.82, 2.24) is 4.98 Å². The highest BCUT2D eigenvalue weighted by molar-refractivity contribution is 5.90. The molecule has 0 radical (unpaired) electrons. The van der Waals surface area contributed by atoms with Gasteiger partial charge in [-0.25, -0.2) is 9.78 Å². The molecule has 1 aromatic heterocycles. The van der Waals surface area contributed by atoms with Crippen molar-refractivity contribution < 1.29 is 32.2 Å². The van der Waals surface area contributed by atoms with E-state index in [9.17, 15) is 18.0 Å². The van der Waals surface area contributed by atoms with Crippen LogP contribution in [-0.4, -0.2) is 31.0 Å². The molecule has 20 heavy (non-hydrogen) atoms. The van der Waals surface area contributed by atoms with Gasteiger partial charge in [-0.3, -0.25) is 0 Å². The number of halogens is 3. The first-order valence-electron chi connectivity index (χ1n) is 5.53. The molecule has 0 aliphatic carbocycles. The normalized spacial score (nSPS) is 11.1. The van der Waals surface area contributed by atoms with E-state index in [4.69, 9.17) is 10.5 Å². The minimum Gasteiger partial charge on any atom is -0.494 e. The van der Waals surface area contributed by atoms with E-state index in [0.717, 1.165) is 6.07 Å². The number of methoxy groups -OCH3 is 1. The van der Waals surface area contributed by atoms with Crippen LogP contribution in [0.25, 0.3) is 0 Å². The standard InChI is InChI=1S/C11H13F3N2O4/c1-3-19-10(17)8-7(18-2)4-6(5-15)9(16-8)20-11(12,13)14/h4H,3,5,15H2,1-2H3. The molecule has 0 aliphatic rings. The third-order valence-electron chi connectivity index (χ3n) is 2.15. The minimum atomic E-state index is -4.95. The first-order chi connectivity index (χ1) is 9.32. The molecule has 0 spiro atoms. The number of aromatic nitrogens is 1. The van der Waals surface area contributed by atoms with Gasteiger partial charge in [0.25, 0.3) is 0 Å². The van der Waals surface area contributed by atoms with E-state index >= 15 is 0 Å². The van der Waals surface area contributed by atoms with Crippen LogP contribution in [-0.2, 0) is 11.3 Å². The van der Waals surface area contributed by atoms with Crippen molar-refractivity contribution in [3.63, 3.8) is 0 Å². The van der Waals surface area contributed by atoms with Crippen molar-refractivity contribution in [1.29, 1.82) is 0 Å². The van der Waals surface area contributed by atoms with E-state index in [1.807, 2.05) is 0 Å². The van der Waals surface area contributed by atoms with Crippen LogP contribution in [0.15, 0.2) is 6.07 Å². The van der Waals surface area contributed by atoms with Gasteiger partial charge < -0.3 is 19.9 Å². The molecule has 0 aromatic carbocycles. The highest BCUT2D eigenvalue weighted by atomic mass is 19.4. The first-order valence-corrected chi connectivity index (χ1v) is 5.53. The highest BCUT2D eigenvalue weighted by Crippen LogP contribution is 2.29. The summed E-state index contributed by atoms with van der Waals surface area (Å²) < 4.78 is 50.1. The number of esters is 1. The van der Waals surface area contributed by atoms with Gasteiger partial charge in [0, 0.05) is 12.1 Å². The molecule has 0 amide bonds. The average molecular weight is 294 g/mol. The van der Waals surface area contributed by atoms with E-state index < -0.39 is 23.9 Å². The quantitative estimate of drug-likeness (QED) is 0.831. The van der Waals surface area contributed by atoms with E-state index in [2.05, 4.69) is 14.5 Å². The molecule has 0 fully saturated rings. The van der Waals surface area contributed by atoms with Crippen molar-refractivity contribution >= 4 is 5.97 Å². The Bertz CT molecular complexity index is 491. The van der Waals surface area contributed by atoms with Crippen molar-refractivity contribution in [2.24, 2.45) is 5.73 Å². The third-order valence-corrected chi connectivity index (χ3v) is 2.15. The second-order valence-electron chi connectivity index (χ2n) is 3.48. The van der Waals surface area contributed by atoms with Gasteiger partial charge in [-0.1, -0.05) is 0 Å². The van der Waals surface area contributed by atoms with Gasteiger partial charge >= 0.3 is 12.3 Å². The number of nitrogens with zero attached hydrogens (tertiary/aromatic N) is 1. The molecule has 1 rings (SSSR count). The largest absolute Gasteiger partial charge is 0.574 e. The van der Waals surface area contributed by atoms with Gasteiger partial charge in [-0.15, -0.1) is 13.2 Å². The van der Waals surface area contributed by atoms with Crippen molar-refractivity contribution in [3.8, 4) is 11.6 Å². The summed E-state index contributed by atoms with van der Waals surface area (Å²) in [5.74, 6) is -1.76. The Morgan fingerprint density at radius 3 is 2.55 bits per heavy atom. The topological polar surface area (TPSA) is 83.7 Å². The Labute approximate surface area is 112 Å². The summed E-state index contributed by atoms with van der Waals surface area (Å²) in [5, 5.41) is 0. The molecular weight excluding hydrogens is 281 g/mol. The Hall–Kier alpha value is -2.03. The van der Waals surface area contributed by atoms with Crippen LogP contribution in [0.4, 0.5) is 13.2 Å². The van der Waals surface area contributed by atoms with Crippen LogP contribution in [0.3, 0.4) is 0 Å². The smallest absolute Gasteiger partial charge is 0.494 e. The molecule has 2 N–H and O–H groups in total. The second kappa shape index (κ2) is 6.42. The predicted molar refractivity (Wildman–Crippen MR) is 61.3 cm³/mol. The lowest BCUT2D eigenvalue weighted by molar-refractivity contribution is -0.276. The van der Waals surface area contributed by atoms with Crippen LogP contribution in [0.1, 0.15) is 23.0 Å². The van der Waals surface area contributed by atoms with Crippen molar-refractivity contribution in [3.05, 3.63) is 17.3 Å². The number of pyridine rings is 1. The number of carbonyl (C=O) groups excluding carboxylic acids is 1. The fraction of sp³-hybridized carbons (Fsp3) is 0.455. The van der Waals surface area contributed by atoms with Crippen molar-refractivity contribution in [2.75, 3.05) is 13.7 Å². The molecule has 0 saturated heterocycles. The van der Waals surface area contributed by atoms with Crippen LogP contribution in [0.5, 0.6) is 11.6 Å². The molecule has 0 saturated carbocycles. The summed E-state index contributed by atoms with van der Waals surface area (Å²) in [6, 6.07) is 1.15. The number of rotatable bonds is 5. The number of ether oxygens (including phenoxy) is 3. The average Bonchev–Trinajstić information content (AvgIpc) is 2.36. The summed E-state index contributed by atoms with van der Waals surface area (Å²) in [7, 11) is 1.24. The van der Waals surface area contributed by atoms with Crippen LogP contribution in [0, 0.1) is 0 Å². The molecule has 9 heteroatoms. The van der Waals surface area contributed by atoms with Gasteiger partial charge in [0.1, 0.15) is 0 Å². The summed E-state index contributed by atoms with van der Waals surface area (Å²) in [6.07, 6.45) is -4.95. The van der Waals surface area contributed by atoms with Crippen LogP contribution < -0.4 is 15.2 Å². The van der Waals surface area contributed by atoms with Crippen LogP contribution in [0.2, 0.25) is 0 Å². The summed E-state index contributed by atoms with van der Waals surface area (Å²) in [4.78, 5) is 15.1. The zero-order valence-corrected chi connectivity index (χ0v) is 10.8. The number of hydrogen-bond acceptors (Lipinski definition) is 6. The summed E-state index contributed by atoms with van der Waals surface area (Å²) in [6.45, 7) is 1.32. The minimum absolute atomic E-state index is 0.0395. The number of carbonyl (C=O) groups is 1. The summed E-state index contributed by atoms with van der Waals surface area (Å²) in [5.41, 5.74) is 4.86. The van der Waals surface area contributed by atoms with Crippen LogP contribution >= 0.6 is 0 Å². The molecule has 0 bridgehead atoms. The molecule has 112 valence electrons. The lowest BCUT2D eigenvalue weighted by Gasteiger charge is -2.14. The molecule has 0 unspecified atom stereocenters. The number of nitrogens with two attached hydrogens (primary N) is 1. The lowest BCUT2D eigenvalue weighted by atomic mass is 10.2. The SMILES string of the molecule is CCOC(=O)c1nc(OC(F)(F)F)c(CN)cc1OC. The molecular formula is C11H13F3N2O4. The third kappa shape index (κ3) is 3.98. The molecule has 0 atom stereocenters. The monoisotopic (exact) mass is 294 g/mol. The molecule has 0 aliphatic heterocycles. The van der Waals surface area contributed by atoms with Gasteiger partial charge in [-0.2, -0.15) is 0 Å². The summed E-state index contributed by atoms with van der Waals surface area (Å²) >= 11 is 0. The maximum Gasteiger partial charge on any atom is 0.574 e. The van der Waals surface area contributed by atoms with Crippen molar-refractivity contribution in [2.45, 2.75) is 19.8 Å². The Morgan fingerprint density at radius 1 is 1.45 bits per heavy atom. The lowest BCUT2D eigenvalue weighted by Crippen LogP contribution is -2.21. The van der Waals surface area contributed by atoms with E-state index in [1.165, 1.54) is 7.11 Å². The Kier molecular flexibility index (Phi) is 5.14. The van der Waals surface area contributed by atoms with Gasteiger partial charge in [0.05, 0.1) is 13.7 Å². The van der Waals surface area contributed by atoms with Gasteiger partial charge in [0.2, 0.25) is 5.88 Å².